The number of carboxylic acid groups (broad SMARTS) is 1. The Bertz CT molecular complexity index is 1350. The Hall–Kier alpha value is -4.90. The summed E-state index contributed by atoms with van der Waals surface area (Å²) in [4.78, 5) is 62.9. The van der Waals surface area contributed by atoms with Crippen LogP contribution in [0.25, 0.3) is 10.9 Å². The lowest BCUT2D eigenvalue weighted by atomic mass is 10.0. The normalized spacial score (nSPS) is 13.5. The van der Waals surface area contributed by atoms with Crippen molar-refractivity contribution in [2.75, 3.05) is 19.6 Å². The molecule has 0 saturated carbocycles. The lowest BCUT2D eigenvalue weighted by Gasteiger charge is -2.25. The highest BCUT2D eigenvalue weighted by atomic mass is 16.4. The standard InChI is InChI=1S/C29H48N12O5/c30-12-4-3-10-21(25(43)40-22(27(45)46)11-6-14-37-29(34)35)39-26(44)23(15-17-16-38-20-9-2-1-7-18(17)20)41-24(42)19(31)8-5-13-36-28(32)33/h1-2,7,9,16,19,21-23,38H,3-6,8,10-15,30-31H2,(H,39,44)(H,40,43)(H,41,42)(H,45,46)(H4,32,33,36)(H4,34,35,37). The molecule has 254 valence electrons. The minimum Gasteiger partial charge on any atom is -0.480 e. The van der Waals surface area contributed by atoms with Gasteiger partial charge in [-0.3, -0.25) is 24.4 Å². The predicted octanol–water partition coefficient (Wildman–Crippen LogP) is -2.19. The number of nitrogens with one attached hydrogen (secondary N) is 4. The van der Waals surface area contributed by atoms with E-state index in [1.807, 2.05) is 24.3 Å². The first-order valence-electron chi connectivity index (χ1n) is 15.2. The maximum Gasteiger partial charge on any atom is 0.326 e. The third-order valence-corrected chi connectivity index (χ3v) is 7.18. The van der Waals surface area contributed by atoms with E-state index in [4.69, 9.17) is 34.4 Å². The molecule has 0 fully saturated rings. The van der Waals surface area contributed by atoms with Crippen LogP contribution in [0.1, 0.15) is 50.5 Å². The van der Waals surface area contributed by atoms with E-state index in [0.29, 0.717) is 32.2 Å². The van der Waals surface area contributed by atoms with Gasteiger partial charge in [-0.15, -0.1) is 0 Å². The lowest BCUT2D eigenvalue weighted by molar-refractivity contribution is -0.142. The number of guanidine groups is 2. The minimum absolute atomic E-state index is 0.0572. The molecule has 0 aliphatic carbocycles. The fraction of sp³-hybridized carbons (Fsp3) is 0.517. The second kappa shape index (κ2) is 19.5. The number of aromatic nitrogens is 1. The number of rotatable bonds is 21. The van der Waals surface area contributed by atoms with Gasteiger partial charge in [-0.1, -0.05) is 18.2 Å². The van der Waals surface area contributed by atoms with E-state index in [9.17, 15) is 24.3 Å². The summed E-state index contributed by atoms with van der Waals surface area (Å²) in [7, 11) is 0. The van der Waals surface area contributed by atoms with Gasteiger partial charge in [0.25, 0.3) is 0 Å². The topological polar surface area (TPSA) is 321 Å². The number of H-pyrrole nitrogens is 1. The molecule has 0 aliphatic heterocycles. The molecule has 1 aromatic heterocycles. The molecule has 17 heteroatoms. The number of benzene rings is 1. The number of para-hydroxylation sites is 1. The first-order chi connectivity index (χ1) is 21.9. The van der Waals surface area contributed by atoms with Gasteiger partial charge in [0.1, 0.15) is 18.1 Å². The average molecular weight is 645 g/mol. The minimum atomic E-state index is -1.25. The van der Waals surface area contributed by atoms with Crippen LogP contribution in [-0.4, -0.2) is 89.5 Å². The van der Waals surface area contributed by atoms with Gasteiger partial charge < -0.3 is 60.4 Å². The van der Waals surface area contributed by atoms with Gasteiger partial charge in [0.15, 0.2) is 11.9 Å². The highest BCUT2D eigenvalue weighted by Gasteiger charge is 2.30. The number of aromatic amines is 1. The van der Waals surface area contributed by atoms with Crippen molar-refractivity contribution in [2.45, 2.75) is 75.5 Å². The van der Waals surface area contributed by atoms with Crippen LogP contribution < -0.4 is 50.4 Å². The summed E-state index contributed by atoms with van der Waals surface area (Å²) >= 11 is 0. The predicted molar refractivity (Wildman–Crippen MR) is 176 cm³/mol. The molecule has 0 saturated heterocycles. The molecule has 4 unspecified atom stereocenters. The monoisotopic (exact) mass is 644 g/mol. The number of fused-ring (bicyclic) bond motifs is 1. The SMILES string of the molecule is NCCCCC(NC(=O)C(Cc1c[nH]c2ccccc12)NC(=O)C(N)CCCN=C(N)N)C(=O)NC(CCCN=C(N)N)C(=O)O. The number of hydrogen-bond donors (Lipinski definition) is 11. The summed E-state index contributed by atoms with van der Waals surface area (Å²) < 4.78 is 0. The van der Waals surface area contributed by atoms with Crippen molar-refractivity contribution < 1.29 is 24.3 Å². The Kier molecular flexibility index (Phi) is 15.8. The quantitative estimate of drug-likeness (QED) is 0.0394. The molecule has 0 spiro atoms. The highest BCUT2D eigenvalue weighted by molar-refractivity contribution is 5.95. The Balaban J connectivity index is 2.24. The van der Waals surface area contributed by atoms with Gasteiger partial charge in [0, 0.05) is 36.6 Å². The third-order valence-electron chi connectivity index (χ3n) is 7.18. The van der Waals surface area contributed by atoms with Crippen LogP contribution in [-0.2, 0) is 25.6 Å². The summed E-state index contributed by atoms with van der Waals surface area (Å²) in [6.07, 6.45) is 4.13. The lowest BCUT2D eigenvalue weighted by Crippen LogP contribution is -2.57. The number of carboxylic acids is 1. The zero-order valence-electron chi connectivity index (χ0n) is 25.9. The zero-order valence-corrected chi connectivity index (χ0v) is 25.9. The second-order valence-electron chi connectivity index (χ2n) is 10.9. The van der Waals surface area contributed by atoms with Crippen LogP contribution in [0.4, 0.5) is 0 Å². The fourth-order valence-corrected chi connectivity index (χ4v) is 4.73. The molecule has 1 heterocycles. The molecule has 17 N–H and O–H groups in total. The molecular weight excluding hydrogens is 596 g/mol. The largest absolute Gasteiger partial charge is 0.480 e. The molecule has 0 bridgehead atoms. The van der Waals surface area contributed by atoms with Gasteiger partial charge in [-0.05, 0) is 63.1 Å². The Morgan fingerprint density at radius 2 is 1.33 bits per heavy atom. The smallest absolute Gasteiger partial charge is 0.326 e. The number of nitrogens with zero attached hydrogens (tertiary/aromatic N) is 2. The Morgan fingerprint density at radius 1 is 0.761 bits per heavy atom. The zero-order chi connectivity index (χ0) is 34.1. The van der Waals surface area contributed by atoms with Crippen LogP contribution in [0.15, 0.2) is 40.4 Å². The summed E-state index contributed by atoms with van der Waals surface area (Å²) in [5.41, 5.74) is 34.7. The van der Waals surface area contributed by atoms with Crippen LogP contribution in [0.2, 0.25) is 0 Å². The summed E-state index contributed by atoms with van der Waals surface area (Å²) in [6.45, 7) is 0.837. The Labute approximate surface area is 267 Å². The van der Waals surface area contributed by atoms with Crippen molar-refractivity contribution in [3.8, 4) is 0 Å². The number of hydrogen-bond acceptors (Lipinski definition) is 8. The molecule has 3 amide bonds. The average Bonchev–Trinajstić information content (AvgIpc) is 3.41. The molecule has 2 aromatic rings. The first kappa shape index (κ1) is 37.3. The number of aliphatic imine (C=N–C) groups is 2. The van der Waals surface area contributed by atoms with E-state index in [0.717, 1.165) is 16.5 Å². The maximum atomic E-state index is 13.8. The van der Waals surface area contributed by atoms with Crippen LogP contribution in [0, 0.1) is 0 Å². The van der Waals surface area contributed by atoms with Crippen LogP contribution in [0.3, 0.4) is 0 Å². The van der Waals surface area contributed by atoms with Gasteiger partial charge in [0.2, 0.25) is 17.7 Å². The van der Waals surface area contributed by atoms with Gasteiger partial charge in [-0.25, -0.2) is 4.79 Å². The first-order valence-corrected chi connectivity index (χ1v) is 15.2. The van der Waals surface area contributed by atoms with Gasteiger partial charge in [0.05, 0.1) is 6.04 Å². The number of amides is 3. The molecule has 2 rings (SSSR count). The molecular formula is C29H48N12O5. The summed E-state index contributed by atoms with van der Waals surface area (Å²) in [5, 5.41) is 18.5. The summed E-state index contributed by atoms with van der Waals surface area (Å²) in [5.74, 6) is -3.34. The molecule has 4 atom stereocenters. The van der Waals surface area contributed by atoms with E-state index in [-0.39, 0.29) is 50.7 Å². The summed E-state index contributed by atoms with van der Waals surface area (Å²) in [6, 6.07) is 3.08. The molecule has 17 nitrogen and oxygen atoms in total. The second-order valence-corrected chi connectivity index (χ2v) is 10.9. The molecule has 0 radical (unpaired) electrons. The number of nitrogens with two attached hydrogens (primary N) is 6. The van der Waals surface area contributed by atoms with E-state index in [2.05, 4.69) is 30.9 Å². The van der Waals surface area contributed by atoms with E-state index >= 15 is 0 Å². The maximum absolute atomic E-state index is 13.8. The van der Waals surface area contributed by atoms with E-state index < -0.39 is 47.9 Å². The highest BCUT2D eigenvalue weighted by Crippen LogP contribution is 2.19. The van der Waals surface area contributed by atoms with Crippen LogP contribution in [0.5, 0.6) is 0 Å². The Morgan fingerprint density at radius 3 is 1.96 bits per heavy atom. The third kappa shape index (κ3) is 13.0. The van der Waals surface area contributed by atoms with Crippen molar-refractivity contribution in [1.82, 2.24) is 20.9 Å². The van der Waals surface area contributed by atoms with Crippen molar-refractivity contribution in [3.63, 3.8) is 0 Å². The van der Waals surface area contributed by atoms with Crippen LogP contribution >= 0.6 is 0 Å². The van der Waals surface area contributed by atoms with Crippen molar-refractivity contribution >= 4 is 46.5 Å². The molecule has 1 aromatic carbocycles. The number of carbonyl (C=O) groups is 4. The molecule has 46 heavy (non-hydrogen) atoms. The number of carbonyl (C=O) groups excluding carboxylic acids is 3. The molecule has 0 aliphatic rings. The fourth-order valence-electron chi connectivity index (χ4n) is 4.73. The van der Waals surface area contributed by atoms with Gasteiger partial charge in [-0.2, -0.15) is 0 Å². The number of aliphatic carboxylic acids is 1. The van der Waals surface area contributed by atoms with Crippen molar-refractivity contribution in [1.29, 1.82) is 0 Å². The van der Waals surface area contributed by atoms with Crippen molar-refractivity contribution in [2.24, 2.45) is 44.4 Å². The van der Waals surface area contributed by atoms with E-state index in [1.165, 1.54) is 0 Å². The van der Waals surface area contributed by atoms with Gasteiger partial charge >= 0.3 is 5.97 Å². The number of unbranched alkanes of at least 4 members (excludes halogenated alkanes) is 1. The van der Waals surface area contributed by atoms with E-state index in [1.54, 1.807) is 6.20 Å². The van der Waals surface area contributed by atoms with Crippen molar-refractivity contribution in [3.05, 3.63) is 36.0 Å².